The number of pyridine rings is 1. The number of rotatable bonds is 4. The Morgan fingerprint density at radius 3 is 2.68 bits per heavy atom. The Bertz CT molecular complexity index is 883. The van der Waals surface area contributed by atoms with Crippen molar-refractivity contribution in [3.05, 3.63) is 64.5 Å². The highest BCUT2D eigenvalue weighted by Crippen LogP contribution is 2.36. The van der Waals surface area contributed by atoms with Crippen molar-refractivity contribution in [1.29, 1.82) is 0 Å². The summed E-state index contributed by atoms with van der Waals surface area (Å²) in [6.07, 6.45) is 2.51. The lowest BCUT2D eigenvalue weighted by molar-refractivity contribution is -0.384. The minimum Gasteiger partial charge on any atom is -0.496 e. The molecule has 0 atom stereocenters. The van der Waals surface area contributed by atoms with Crippen LogP contribution >= 0.6 is 0 Å². The van der Waals surface area contributed by atoms with Crippen LogP contribution in [0.5, 0.6) is 5.75 Å². The van der Waals surface area contributed by atoms with Crippen molar-refractivity contribution in [3.8, 4) is 16.9 Å². The molecule has 110 valence electrons. The summed E-state index contributed by atoms with van der Waals surface area (Å²) < 4.78 is 7.02. The summed E-state index contributed by atoms with van der Waals surface area (Å²) in [5.74, 6) is 0.476. The lowest BCUT2D eigenvalue weighted by Gasteiger charge is -2.07. The molecule has 3 aromatic rings. The highest BCUT2D eigenvalue weighted by atomic mass is 16.6. The van der Waals surface area contributed by atoms with E-state index in [9.17, 15) is 14.9 Å². The number of ether oxygens (including phenoxy) is 1. The number of hydrogen-bond donors (Lipinski definition) is 0. The van der Waals surface area contributed by atoms with E-state index in [0.29, 0.717) is 22.6 Å². The third-order valence-electron chi connectivity index (χ3n) is 3.51. The van der Waals surface area contributed by atoms with Crippen LogP contribution in [0.1, 0.15) is 10.5 Å². The van der Waals surface area contributed by atoms with Crippen LogP contribution in [0.3, 0.4) is 0 Å². The van der Waals surface area contributed by atoms with Gasteiger partial charge >= 0.3 is 0 Å². The molecule has 22 heavy (non-hydrogen) atoms. The Morgan fingerprint density at radius 1 is 1.18 bits per heavy atom. The molecule has 6 nitrogen and oxygen atoms in total. The van der Waals surface area contributed by atoms with Gasteiger partial charge in [0.1, 0.15) is 5.75 Å². The van der Waals surface area contributed by atoms with Gasteiger partial charge in [0.15, 0.2) is 6.29 Å². The summed E-state index contributed by atoms with van der Waals surface area (Å²) in [5, 5.41) is 11.0. The van der Waals surface area contributed by atoms with Crippen LogP contribution in [-0.4, -0.2) is 22.7 Å². The zero-order valence-corrected chi connectivity index (χ0v) is 11.7. The Kier molecular flexibility index (Phi) is 3.34. The fraction of sp³-hybridized carbons (Fsp3) is 0.0625. The average Bonchev–Trinajstić information content (AvgIpc) is 2.92. The molecule has 0 fully saturated rings. The molecule has 0 amide bonds. The van der Waals surface area contributed by atoms with Crippen LogP contribution in [0.2, 0.25) is 0 Å². The quantitative estimate of drug-likeness (QED) is 0.420. The van der Waals surface area contributed by atoms with E-state index >= 15 is 0 Å². The van der Waals surface area contributed by atoms with Crippen molar-refractivity contribution >= 4 is 17.5 Å². The van der Waals surface area contributed by atoms with Crippen molar-refractivity contribution < 1.29 is 14.5 Å². The maximum Gasteiger partial charge on any atom is 0.270 e. The number of nitrogens with zero attached hydrogens (tertiary/aromatic N) is 2. The van der Waals surface area contributed by atoms with Crippen LogP contribution in [0.25, 0.3) is 16.6 Å². The molecule has 2 aromatic heterocycles. The van der Waals surface area contributed by atoms with Crippen LogP contribution in [0.4, 0.5) is 5.69 Å². The number of methoxy groups -OCH3 is 1. The summed E-state index contributed by atoms with van der Waals surface area (Å²) >= 11 is 0. The molecule has 0 spiro atoms. The second kappa shape index (κ2) is 5.33. The van der Waals surface area contributed by atoms with E-state index in [-0.39, 0.29) is 5.69 Å². The number of hydrogen-bond acceptors (Lipinski definition) is 4. The molecule has 0 aliphatic rings. The van der Waals surface area contributed by atoms with Crippen LogP contribution < -0.4 is 4.74 Å². The molecule has 0 radical (unpaired) electrons. The normalized spacial score (nSPS) is 10.6. The number of nitro groups is 1. The van der Waals surface area contributed by atoms with Crippen molar-refractivity contribution in [2.75, 3.05) is 7.11 Å². The molecule has 0 saturated carbocycles. The fourth-order valence-electron chi connectivity index (χ4n) is 2.50. The number of benzene rings is 1. The van der Waals surface area contributed by atoms with Crippen molar-refractivity contribution in [2.24, 2.45) is 0 Å². The zero-order valence-electron chi connectivity index (χ0n) is 11.7. The number of fused-ring (bicyclic) bond motifs is 1. The van der Waals surface area contributed by atoms with E-state index in [0.717, 1.165) is 11.8 Å². The van der Waals surface area contributed by atoms with Gasteiger partial charge in [-0.1, -0.05) is 6.07 Å². The third kappa shape index (κ3) is 2.10. The van der Waals surface area contributed by atoms with E-state index in [1.54, 1.807) is 10.6 Å². The number of aromatic nitrogens is 1. The van der Waals surface area contributed by atoms with E-state index in [4.69, 9.17) is 4.74 Å². The summed E-state index contributed by atoms with van der Waals surface area (Å²) in [6.45, 7) is 0. The maximum atomic E-state index is 11.5. The molecular weight excluding hydrogens is 284 g/mol. The van der Waals surface area contributed by atoms with Crippen LogP contribution in [-0.2, 0) is 0 Å². The first-order chi connectivity index (χ1) is 10.7. The zero-order chi connectivity index (χ0) is 15.7. The first-order valence-electron chi connectivity index (χ1n) is 6.53. The molecule has 1 aromatic carbocycles. The van der Waals surface area contributed by atoms with Gasteiger partial charge in [0.2, 0.25) is 0 Å². The predicted octanol–water partition coefficient (Wildman–Crippen LogP) is 3.34. The lowest BCUT2D eigenvalue weighted by atomic mass is 10.0. The second-order valence-electron chi connectivity index (χ2n) is 4.70. The van der Waals surface area contributed by atoms with Crippen molar-refractivity contribution in [3.63, 3.8) is 0 Å². The number of non-ortho nitro benzene ring substituents is 1. The van der Waals surface area contributed by atoms with E-state index in [1.165, 1.54) is 25.3 Å². The summed E-state index contributed by atoms with van der Waals surface area (Å²) in [4.78, 5) is 22.0. The molecule has 0 N–H and O–H groups in total. The number of carbonyl (C=O) groups excluding carboxylic acids is 1. The lowest BCUT2D eigenvalue weighted by Crippen LogP contribution is -1.95. The minimum absolute atomic E-state index is 0.0529. The van der Waals surface area contributed by atoms with Crippen LogP contribution in [0, 0.1) is 10.1 Å². The first kappa shape index (κ1) is 13.8. The van der Waals surface area contributed by atoms with E-state index in [1.807, 2.05) is 24.3 Å². The molecule has 3 rings (SSSR count). The molecule has 0 aliphatic heterocycles. The predicted molar refractivity (Wildman–Crippen MR) is 81.4 cm³/mol. The Balaban J connectivity index is 2.33. The standard InChI is InChI=1S/C16H12N2O4/c1-22-16-6-5-12(18(20)21)9-14(16)13-8-11-4-2-3-7-17(11)15(13)10-19/h2-10H,1H3. The van der Waals surface area contributed by atoms with Gasteiger partial charge in [0.05, 0.1) is 17.7 Å². The largest absolute Gasteiger partial charge is 0.496 e. The fourth-order valence-corrected chi connectivity index (χ4v) is 2.50. The van der Waals surface area contributed by atoms with E-state index < -0.39 is 4.92 Å². The first-order valence-corrected chi connectivity index (χ1v) is 6.53. The summed E-state index contributed by atoms with van der Waals surface area (Å²) in [7, 11) is 1.49. The number of carbonyl (C=O) groups is 1. The molecule has 0 bridgehead atoms. The minimum atomic E-state index is -0.473. The average molecular weight is 296 g/mol. The number of aldehydes is 1. The Hall–Kier alpha value is -3.15. The van der Waals surface area contributed by atoms with Gasteiger partial charge in [0.25, 0.3) is 5.69 Å². The Morgan fingerprint density at radius 2 is 2.00 bits per heavy atom. The molecule has 6 heteroatoms. The highest BCUT2D eigenvalue weighted by Gasteiger charge is 2.18. The van der Waals surface area contributed by atoms with Gasteiger partial charge < -0.3 is 9.14 Å². The smallest absolute Gasteiger partial charge is 0.270 e. The Labute approximate surface area is 125 Å². The monoisotopic (exact) mass is 296 g/mol. The topological polar surface area (TPSA) is 73.8 Å². The van der Waals surface area contributed by atoms with Gasteiger partial charge in [-0.15, -0.1) is 0 Å². The summed E-state index contributed by atoms with van der Waals surface area (Å²) in [6, 6.07) is 11.7. The molecule has 0 unspecified atom stereocenters. The molecule has 2 heterocycles. The highest BCUT2D eigenvalue weighted by molar-refractivity contribution is 5.92. The van der Waals surface area contributed by atoms with E-state index in [2.05, 4.69) is 0 Å². The van der Waals surface area contributed by atoms with Crippen molar-refractivity contribution in [1.82, 2.24) is 4.40 Å². The molecular formula is C16H12N2O4. The van der Waals surface area contributed by atoms with Gasteiger partial charge in [-0.3, -0.25) is 14.9 Å². The third-order valence-corrected chi connectivity index (χ3v) is 3.51. The van der Waals surface area contributed by atoms with Gasteiger partial charge in [-0.25, -0.2) is 0 Å². The number of nitro benzene ring substituents is 1. The van der Waals surface area contributed by atoms with Crippen LogP contribution in [0.15, 0.2) is 48.7 Å². The SMILES string of the molecule is COc1ccc([N+](=O)[O-])cc1-c1cc2ccccn2c1C=O. The van der Waals surface area contributed by atoms with Crippen molar-refractivity contribution in [2.45, 2.75) is 0 Å². The summed E-state index contributed by atoms with van der Waals surface area (Å²) in [5.41, 5.74) is 2.31. The van der Waals surface area contributed by atoms with Gasteiger partial charge in [-0.05, 0) is 24.3 Å². The maximum absolute atomic E-state index is 11.5. The van der Waals surface area contributed by atoms with Gasteiger partial charge in [0, 0.05) is 35.0 Å². The molecule has 0 saturated heterocycles. The second-order valence-corrected chi connectivity index (χ2v) is 4.70. The molecule has 0 aliphatic carbocycles. The van der Waals surface area contributed by atoms with Gasteiger partial charge in [-0.2, -0.15) is 0 Å².